The number of hydrogen-bond donors (Lipinski definition) is 1. The first-order valence-corrected chi connectivity index (χ1v) is 9.12. The zero-order valence-corrected chi connectivity index (χ0v) is 13.4. The molecule has 106 valence electrons. The number of amides is 2. The Balaban J connectivity index is 1.66. The van der Waals surface area contributed by atoms with E-state index >= 15 is 0 Å². The number of thiophene rings is 1. The van der Waals surface area contributed by atoms with E-state index in [9.17, 15) is 4.79 Å². The van der Waals surface area contributed by atoms with Crippen molar-refractivity contribution in [1.29, 1.82) is 0 Å². The van der Waals surface area contributed by atoms with Gasteiger partial charge in [-0.1, -0.05) is 17.8 Å². The highest BCUT2D eigenvalue weighted by atomic mass is 32.2. The molecule has 1 fully saturated rings. The molecule has 2 aromatic heterocycles. The predicted molar refractivity (Wildman–Crippen MR) is 83.6 cm³/mol. The molecule has 0 aliphatic heterocycles. The van der Waals surface area contributed by atoms with Crippen LogP contribution in [0.2, 0.25) is 0 Å². The third kappa shape index (κ3) is 3.31. The van der Waals surface area contributed by atoms with E-state index in [0.29, 0.717) is 22.9 Å². The van der Waals surface area contributed by atoms with Crippen molar-refractivity contribution in [3.05, 3.63) is 22.4 Å². The monoisotopic (exact) mass is 326 g/mol. The van der Waals surface area contributed by atoms with Crippen molar-refractivity contribution in [3.63, 3.8) is 0 Å². The first kappa shape index (κ1) is 13.8. The lowest BCUT2D eigenvalue weighted by Crippen LogP contribution is -2.36. The van der Waals surface area contributed by atoms with Crippen LogP contribution >= 0.6 is 34.6 Å². The number of urea groups is 1. The lowest BCUT2D eigenvalue weighted by Gasteiger charge is -2.21. The Hall–Kier alpha value is -1.12. The van der Waals surface area contributed by atoms with Gasteiger partial charge in [0.2, 0.25) is 10.3 Å². The van der Waals surface area contributed by atoms with Gasteiger partial charge < -0.3 is 4.90 Å². The molecule has 0 bridgehead atoms. The average molecular weight is 326 g/mol. The Kier molecular flexibility index (Phi) is 4.23. The fraction of sp³-hybridized carbons (Fsp3) is 0.417. The molecule has 2 amide bonds. The number of anilines is 1. The van der Waals surface area contributed by atoms with E-state index in [0.717, 1.165) is 12.8 Å². The molecule has 0 radical (unpaired) electrons. The minimum absolute atomic E-state index is 0.0790. The maximum Gasteiger partial charge on any atom is 0.324 e. The van der Waals surface area contributed by atoms with Crippen LogP contribution in [-0.4, -0.2) is 32.6 Å². The summed E-state index contributed by atoms with van der Waals surface area (Å²) in [5.74, 6) is 0. The molecule has 3 rings (SSSR count). The standard InChI is InChI=1S/C12H14N4OS3/c1-18-11-13-10(20-15-11)14-12(17)16(8-4-5-8)7-9-3-2-6-19-9/h2-3,6,8H,4-5,7H2,1H3,(H,13,14,15,17). The second kappa shape index (κ2) is 6.11. The van der Waals surface area contributed by atoms with E-state index in [1.54, 1.807) is 11.3 Å². The maximum absolute atomic E-state index is 12.4. The van der Waals surface area contributed by atoms with Crippen LogP contribution in [0.1, 0.15) is 17.7 Å². The van der Waals surface area contributed by atoms with E-state index in [2.05, 4.69) is 20.7 Å². The van der Waals surface area contributed by atoms with E-state index < -0.39 is 0 Å². The molecule has 0 atom stereocenters. The molecule has 0 unspecified atom stereocenters. The van der Waals surface area contributed by atoms with Gasteiger partial charge in [-0.2, -0.15) is 9.36 Å². The number of carbonyl (C=O) groups excluding carboxylic acids is 1. The molecule has 1 N–H and O–H groups in total. The highest BCUT2D eigenvalue weighted by Crippen LogP contribution is 2.30. The zero-order valence-electron chi connectivity index (χ0n) is 10.9. The maximum atomic E-state index is 12.4. The Labute approximate surface area is 129 Å². The van der Waals surface area contributed by atoms with Crippen LogP contribution in [0, 0.1) is 0 Å². The molecular weight excluding hydrogens is 312 g/mol. The fourth-order valence-electron chi connectivity index (χ4n) is 1.83. The largest absolute Gasteiger partial charge is 0.324 e. The minimum atomic E-state index is -0.0790. The molecule has 8 heteroatoms. The molecule has 0 saturated heterocycles. The molecule has 0 aromatic carbocycles. The number of nitrogens with one attached hydrogen (secondary N) is 1. The average Bonchev–Trinajstić information content (AvgIpc) is 2.98. The van der Waals surface area contributed by atoms with Gasteiger partial charge in [-0.05, 0) is 30.5 Å². The van der Waals surface area contributed by atoms with E-state index in [1.165, 1.54) is 28.2 Å². The summed E-state index contributed by atoms with van der Waals surface area (Å²) < 4.78 is 4.15. The smallest absolute Gasteiger partial charge is 0.316 e. The predicted octanol–water partition coefficient (Wildman–Crippen LogP) is 3.52. The van der Waals surface area contributed by atoms with Crippen molar-refractivity contribution < 1.29 is 4.79 Å². The number of aromatic nitrogens is 2. The summed E-state index contributed by atoms with van der Waals surface area (Å²) in [6.07, 6.45) is 4.09. The van der Waals surface area contributed by atoms with Gasteiger partial charge >= 0.3 is 6.03 Å². The van der Waals surface area contributed by atoms with Gasteiger partial charge in [0.1, 0.15) is 0 Å². The number of rotatable bonds is 5. The van der Waals surface area contributed by atoms with Gasteiger partial charge in [0, 0.05) is 22.5 Å². The van der Waals surface area contributed by atoms with Crippen LogP contribution in [-0.2, 0) is 6.54 Å². The van der Waals surface area contributed by atoms with Crippen LogP contribution in [0.5, 0.6) is 0 Å². The summed E-state index contributed by atoms with van der Waals surface area (Å²) in [7, 11) is 0. The highest BCUT2D eigenvalue weighted by molar-refractivity contribution is 7.98. The molecule has 20 heavy (non-hydrogen) atoms. The molecule has 0 spiro atoms. The molecule has 2 aromatic rings. The van der Waals surface area contributed by atoms with E-state index in [1.807, 2.05) is 22.6 Å². The van der Waals surface area contributed by atoms with Crippen molar-refractivity contribution in [2.45, 2.75) is 30.6 Å². The Morgan fingerprint density at radius 3 is 3.05 bits per heavy atom. The van der Waals surface area contributed by atoms with Crippen molar-refractivity contribution in [1.82, 2.24) is 14.3 Å². The lowest BCUT2D eigenvalue weighted by atomic mass is 10.4. The summed E-state index contributed by atoms with van der Waals surface area (Å²) in [6.45, 7) is 0.669. The number of thioether (sulfide) groups is 1. The Bertz CT molecular complexity index is 579. The first-order valence-electron chi connectivity index (χ1n) is 6.24. The number of carbonyl (C=O) groups is 1. The fourth-order valence-corrected chi connectivity index (χ4v) is 3.65. The normalized spacial score (nSPS) is 14.2. The Morgan fingerprint density at radius 2 is 2.45 bits per heavy atom. The number of nitrogens with zero attached hydrogens (tertiary/aromatic N) is 3. The van der Waals surface area contributed by atoms with Crippen LogP contribution in [0.25, 0.3) is 0 Å². The Morgan fingerprint density at radius 1 is 1.60 bits per heavy atom. The van der Waals surface area contributed by atoms with Crippen LogP contribution in [0.15, 0.2) is 22.7 Å². The third-order valence-corrected chi connectivity index (χ3v) is 5.11. The molecular formula is C12H14N4OS3. The van der Waals surface area contributed by atoms with Gasteiger partial charge in [0.05, 0.1) is 6.54 Å². The summed E-state index contributed by atoms with van der Waals surface area (Å²) >= 11 is 4.37. The molecule has 1 aliphatic carbocycles. The second-order valence-corrected chi connectivity index (χ2v) is 7.01. The molecule has 5 nitrogen and oxygen atoms in total. The third-order valence-electron chi connectivity index (χ3n) is 2.96. The lowest BCUT2D eigenvalue weighted by molar-refractivity contribution is 0.206. The van der Waals surface area contributed by atoms with Gasteiger partial charge in [0.25, 0.3) is 0 Å². The van der Waals surface area contributed by atoms with Crippen LogP contribution in [0.3, 0.4) is 0 Å². The van der Waals surface area contributed by atoms with Crippen LogP contribution < -0.4 is 5.32 Å². The van der Waals surface area contributed by atoms with E-state index in [-0.39, 0.29) is 6.03 Å². The van der Waals surface area contributed by atoms with Gasteiger partial charge in [-0.3, -0.25) is 5.32 Å². The van der Waals surface area contributed by atoms with Crippen molar-refractivity contribution >= 4 is 45.8 Å². The topological polar surface area (TPSA) is 58.1 Å². The van der Waals surface area contributed by atoms with E-state index in [4.69, 9.17) is 0 Å². The van der Waals surface area contributed by atoms with Crippen molar-refractivity contribution in [2.75, 3.05) is 11.6 Å². The quantitative estimate of drug-likeness (QED) is 0.854. The first-order chi connectivity index (χ1) is 9.76. The summed E-state index contributed by atoms with van der Waals surface area (Å²) in [5, 5.41) is 6.15. The second-order valence-electron chi connectivity index (χ2n) is 4.45. The molecule has 2 heterocycles. The zero-order chi connectivity index (χ0) is 13.9. The minimum Gasteiger partial charge on any atom is -0.316 e. The van der Waals surface area contributed by atoms with Crippen molar-refractivity contribution in [3.8, 4) is 0 Å². The SMILES string of the molecule is CSc1nsc(NC(=O)N(Cc2cccs2)C2CC2)n1. The number of hydrogen-bond acceptors (Lipinski definition) is 6. The van der Waals surface area contributed by atoms with Gasteiger partial charge in [-0.15, -0.1) is 11.3 Å². The molecule has 1 saturated carbocycles. The van der Waals surface area contributed by atoms with Crippen molar-refractivity contribution in [2.24, 2.45) is 0 Å². The highest BCUT2D eigenvalue weighted by Gasteiger charge is 2.33. The van der Waals surface area contributed by atoms with Gasteiger partial charge in [-0.25, -0.2) is 4.79 Å². The summed E-state index contributed by atoms with van der Waals surface area (Å²) in [5.41, 5.74) is 0. The molecule has 1 aliphatic rings. The van der Waals surface area contributed by atoms with Gasteiger partial charge in [0.15, 0.2) is 0 Å². The summed E-state index contributed by atoms with van der Waals surface area (Å²) in [4.78, 5) is 19.7. The van der Waals surface area contributed by atoms with Crippen LogP contribution in [0.4, 0.5) is 9.93 Å². The summed E-state index contributed by atoms with van der Waals surface area (Å²) in [6, 6.07) is 4.36.